The van der Waals surface area contributed by atoms with E-state index in [-0.39, 0.29) is 17.8 Å². The molecule has 0 saturated carbocycles. The number of benzene rings is 2. The number of methoxy groups -OCH3 is 1. The normalized spacial score (nSPS) is 13.1. The van der Waals surface area contributed by atoms with Crippen molar-refractivity contribution in [1.82, 2.24) is 0 Å². The third-order valence-corrected chi connectivity index (χ3v) is 4.53. The average molecular weight is 300 g/mol. The van der Waals surface area contributed by atoms with Crippen LogP contribution in [0.25, 0.3) is 0 Å². The fraction of sp³-hybridized carbons (Fsp3) is 0.125. The molecule has 1 heterocycles. The van der Waals surface area contributed by atoms with Crippen molar-refractivity contribution in [3.63, 3.8) is 0 Å². The third-order valence-electron chi connectivity index (χ3n) is 3.37. The fourth-order valence-corrected chi connectivity index (χ4v) is 3.42. The lowest BCUT2D eigenvalue weighted by molar-refractivity contribution is 0.0696. The molecule has 0 saturated heterocycles. The molecule has 0 spiro atoms. The summed E-state index contributed by atoms with van der Waals surface area (Å²) in [6.45, 7) is 0. The zero-order valence-corrected chi connectivity index (χ0v) is 12.1. The Morgan fingerprint density at radius 1 is 1.19 bits per heavy atom. The first-order valence-electron chi connectivity index (χ1n) is 6.34. The van der Waals surface area contributed by atoms with E-state index in [4.69, 9.17) is 9.84 Å². The number of carbonyl (C=O) groups is 2. The lowest BCUT2D eigenvalue weighted by Crippen LogP contribution is -2.04. The number of fused-ring (bicyclic) bond motifs is 2. The second-order valence-electron chi connectivity index (χ2n) is 4.69. The van der Waals surface area contributed by atoms with Gasteiger partial charge in [0.15, 0.2) is 5.78 Å². The van der Waals surface area contributed by atoms with Gasteiger partial charge in [-0.25, -0.2) is 4.79 Å². The van der Waals surface area contributed by atoms with E-state index in [1.54, 1.807) is 37.4 Å². The van der Waals surface area contributed by atoms with Crippen molar-refractivity contribution in [3.8, 4) is 5.75 Å². The van der Waals surface area contributed by atoms with Gasteiger partial charge in [0, 0.05) is 21.8 Å². The number of carbonyl (C=O) groups excluding carboxylic acids is 1. The van der Waals surface area contributed by atoms with E-state index in [1.807, 2.05) is 0 Å². The Balaban J connectivity index is 2.12. The molecule has 2 aromatic rings. The average Bonchev–Trinajstić information content (AvgIpc) is 2.61. The maximum absolute atomic E-state index is 12.3. The molecule has 5 heteroatoms. The molecular formula is C16H12O4S. The topological polar surface area (TPSA) is 63.6 Å². The van der Waals surface area contributed by atoms with Crippen LogP contribution in [0.2, 0.25) is 0 Å². The second-order valence-corrected chi connectivity index (χ2v) is 5.78. The van der Waals surface area contributed by atoms with E-state index >= 15 is 0 Å². The number of aromatic carboxylic acids is 1. The van der Waals surface area contributed by atoms with Crippen molar-refractivity contribution < 1.29 is 19.4 Å². The summed E-state index contributed by atoms with van der Waals surface area (Å²) in [5.41, 5.74) is 1.72. The Kier molecular flexibility index (Phi) is 3.43. The highest BCUT2D eigenvalue weighted by Crippen LogP contribution is 2.39. The van der Waals surface area contributed by atoms with Gasteiger partial charge < -0.3 is 9.84 Å². The van der Waals surface area contributed by atoms with Crippen LogP contribution in [-0.4, -0.2) is 24.0 Å². The minimum Gasteiger partial charge on any atom is -0.497 e. The molecule has 0 aromatic heterocycles. The van der Waals surface area contributed by atoms with Crippen LogP contribution in [0.4, 0.5) is 0 Å². The van der Waals surface area contributed by atoms with E-state index in [2.05, 4.69) is 0 Å². The molecule has 0 unspecified atom stereocenters. The van der Waals surface area contributed by atoms with Crippen molar-refractivity contribution >= 4 is 23.5 Å². The Morgan fingerprint density at radius 2 is 2.00 bits per heavy atom. The zero-order valence-electron chi connectivity index (χ0n) is 11.3. The molecule has 1 aliphatic heterocycles. The Morgan fingerprint density at radius 3 is 2.71 bits per heavy atom. The van der Waals surface area contributed by atoms with Gasteiger partial charge in [0.1, 0.15) is 5.75 Å². The number of hydrogen-bond donors (Lipinski definition) is 1. The lowest BCUT2D eigenvalue weighted by atomic mass is 10.0. The highest BCUT2D eigenvalue weighted by atomic mass is 32.2. The summed E-state index contributed by atoms with van der Waals surface area (Å²) in [6, 6.07) is 10.2. The minimum atomic E-state index is -0.972. The summed E-state index contributed by atoms with van der Waals surface area (Å²) in [5, 5.41) is 9.09. The van der Waals surface area contributed by atoms with Crippen molar-refractivity contribution in [2.24, 2.45) is 0 Å². The van der Waals surface area contributed by atoms with Gasteiger partial charge in [-0.3, -0.25) is 4.79 Å². The molecule has 0 aliphatic carbocycles. The molecule has 1 aliphatic rings. The lowest BCUT2D eigenvalue weighted by Gasteiger charge is -2.07. The molecule has 0 bridgehead atoms. The van der Waals surface area contributed by atoms with Gasteiger partial charge >= 0.3 is 5.97 Å². The molecule has 106 valence electrons. The number of rotatable bonds is 2. The number of hydrogen-bond acceptors (Lipinski definition) is 4. The molecule has 0 fully saturated rings. The highest BCUT2D eigenvalue weighted by molar-refractivity contribution is 7.99. The van der Waals surface area contributed by atoms with Crippen molar-refractivity contribution in [2.45, 2.75) is 16.2 Å². The largest absolute Gasteiger partial charge is 0.497 e. The summed E-state index contributed by atoms with van der Waals surface area (Å²) in [7, 11) is 1.57. The first-order valence-corrected chi connectivity index (χ1v) is 7.15. The second kappa shape index (κ2) is 5.26. The molecule has 4 nitrogen and oxygen atoms in total. The van der Waals surface area contributed by atoms with Gasteiger partial charge in [-0.2, -0.15) is 0 Å². The van der Waals surface area contributed by atoms with Crippen LogP contribution in [0, 0.1) is 0 Å². The Hall–Kier alpha value is -2.27. The Bertz CT molecular complexity index is 752. The molecule has 0 radical (unpaired) electrons. The van der Waals surface area contributed by atoms with E-state index in [0.29, 0.717) is 11.3 Å². The molecule has 0 amide bonds. The van der Waals surface area contributed by atoms with Crippen LogP contribution in [0.5, 0.6) is 5.75 Å². The van der Waals surface area contributed by atoms with Crippen LogP contribution in [0.1, 0.15) is 26.3 Å². The third kappa shape index (κ3) is 2.52. The summed E-state index contributed by atoms with van der Waals surface area (Å²) in [6.07, 6.45) is 0.279. The van der Waals surface area contributed by atoms with Crippen LogP contribution < -0.4 is 4.74 Å². The number of ether oxygens (including phenoxy) is 1. The quantitative estimate of drug-likeness (QED) is 0.922. The monoisotopic (exact) mass is 300 g/mol. The van der Waals surface area contributed by atoms with Gasteiger partial charge in [-0.05, 0) is 35.9 Å². The van der Waals surface area contributed by atoms with Crippen LogP contribution in [0.15, 0.2) is 46.2 Å². The smallest absolute Gasteiger partial charge is 0.335 e. The SMILES string of the molecule is COc1ccc2c(c1)Sc1cc(C(=O)O)ccc1CC2=O. The predicted octanol–water partition coefficient (Wildman–Crippen LogP) is 3.28. The molecule has 0 atom stereocenters. The maximum Gasteiger partial charge on any atom is 0.335 e. The van der Waals surface area contributed by atoms with Crippen LogP contribution in [-0.2, 0) is 6.42 Å². The van der Waals surface area contributed by atoms with Gasteiger partial charge in [0.2, 0.25) is 0 Å². The number of ketones is 1. The van der Waals surface area contributed by atoms with Crippen LogP contribution in [0.3, 0.4) is 0 Å². The molecule has 21 heavy (non-hydrogen) atoms. The van der Waals surface area contributed by atoms with Gasteiger partial charge in [0.25, 0.3) is 0 Å². The first kappa shape index (κ1) is 13.7. The van der Waals surface area contributed by atoms with Crippen LogP contribution >= 0.6 is 11.8 Å². The minimum absolute atomic E-state index is 0.0296. The summed E-state index contributed by atoms with van der Waals surface area (Å²) < 4.78 is 5.19. The van der Waals surface area contributed by atoms with E-state index < -0.39 is 5.97 Å². The van der Waals surface area contributed by atoms with Crippen molar-refractivity contribution in [3.05, 3.63) is 53.1 Å². The van der Waals surface area contributed by atoms with Crippen molar-refractivity contribution in [2.75, 3.05) is 7.11 Å². The summed E-state index contributed by atoms with van der Waals surface area (Å²) in [5.74, 6) is -0.270. The molecular weight excluding hydrogens is 288 g/mol. The van der Waals surface area contributed by atoms with Crippen molar-refractivity contribution in [1.29, 1.82) is 0 Å². The highest BCUT2D eigenvalue weighted by Gasteiger charge is 2.21. The van der Waals surface area contributed by atoms with E-state index in [0.717, 1.165) is 15.4 Å². The van der Waals surface area contributed by atoms with Gasteiger partial charge in [-0.15, -0.1) is 0 Å². The predicted molar refractivity (Wildman–Crippen MR) is 78.6 cm³/mol. The van der Waals surface area contributed by atoms with Gasteiger partial charge in [-0.1, -0.05) is 17.8 Å². The van der Waals surface area contributed by atoms with E-state index in [9.17, 15) is 9.59 Å². The number of carboxylic acids is 1. The summed E-state index contributed by atoms with van der Waals surface area (Å²) in [4.78, 5) is 25.0. The number of Topliss-reactive ketones (excluding diaryl/α,β-unsaturated/α-hetero) is 1. The molecule has 3 rings (SSSR count). The standard InChI is InChI=1S/C16H12O4S/c1-20-11-4-5-12-13(17)6-9-2-3-10(16(18)19)7-14(9)21-15(12)8-11/h2-5,7-8H,6H2,1H3,(H,18,19). The number of carboxylic acid groups (broad SMARTS) is 1. The first-order chi connectivity index (χ1) is 10.1. The fourth-order valence-electron chi connectivity index (χ4n) is 2.26. The Labute approximate surface area is 125 Å². The molecule has 1 N–H and O–H groups in total. The summed E-state index contributed by atoms with van der Waals surface area (Å²) >= 11 is 1.40. The zero-order chi connectivity index (χ0) is 15.0. The van der Waals surface area contributed by atoms with Gasteiger partial charge in [0.05, 0.1) is 12.7 Å². The maximum atomic E-state index is 12.3. The van der Waals surface area contributed by atoms with E-state index in [1.165, 1.54) is 17.8 Å². The molecule has 2 aromatic carbocycles.